The van der Waals surface area contributed by atoms with Gasteiger partial charge in [-0.15, -0.1) is 23.5 Å². The molecule has 0 fully saturated rings. The summed E-state index contributed by atoms with van der Waals surface area (Å²) >= 11 is 3.28. The zero-order valence-corrected chi connectivity index (χ0v) is 10.9. The average Bonchev–Trinajstić information content (AvgIpc) is 2.23. The molecule has 16 heavy (non-hydrogen) atoms. The Balaban J connectivity index is 3.37. The van der Waals surface area contributed by atoms with Crippen molar-refractivity contribution in [3.63, 3.8) is 0 Å². The van der Waals surface area contributed by atoms with Gasteiger partial charge in [-0.05, 0) is 35.2 Å². The van der Waals surface area contributed by atoms with E-state index in [1.807, 2.05) is 16.9 Å². The van der Waals surface area contributed by atoms with Crippen LogP contribution in [0.5, 0.6) is 0 Å². The lowest BCUT2D eigenvalue weighted by Gasteiger charge is -2.03. The van der Waals surface area contributed by atoms with E-state index in [0.29, 0.717) is 6.42 Å². The number of rotatable bonds is 10. The Bertz CT molecular complexity index is 232. The van der Waals surface area contributed by atoms with Crippen LogP contribution in [-0.4, -0.2) is 28.6 Å². The Morgan fingerprint density at radius 3 is 2.81 bits per heavy atom. The van der Waals surface area contributed by atoms with Crippen molar-refractivity contribution in [3.8, 4) is 0 Å². The summed E-state index contributed by atoms with van der Waals surface area (Å²) in [5, 5.41) is 12.2. The summed E-state index contributed by atoms with van der Waals surface area (Å²) in [5.41, 5.74) is 5.84. The van der Waals surface area contributed by atoms with Crippen LogP contribution in [0.2, 0.25) is 0 Å². The molecule has 0 aromatic heterocycles. The van der Waals surface area contributed by atoms with Crippen LogP contribution in [0.15, 0.2) is 23.5 Å². The minimum absolute atomic E-state index is 0.0828. The largest absolute Gasteiger partial charge is 0.481 e. The lowest BCUT2D eigenvalue weighted by Crippen LogP contribution is -2.17. The third kappa shape index (κ3) is 11.7. The molecule has 0 aliphatic rings. The molecule has 0 saturated carbocycles. The summed E-state index contributed by atoms with van der Waals surface area (Å²) in [5.74, 6) is 1.08. The van der Waals surface area contributed by atoms with Gasteiger partial charge < -0.3 is 10.8 Å². The number of hydrogen-bond acceptors (Lipinski definition) is 4. The molecule has 3 N–H and O–H groups in total. The van der Waals surface area contributed by atoms with Crippen molar-refractivity contribution in [2.24, 2.45) is 5.73 Å². The van der Waals surface area contributed by atoms with Crippen molar-refractivity contribution in [3.05, 3.63) is 23.5 Å². The van der Waals surface area contributed by atoms with Crippen LogP contribution in [0.4, 0.5) is 0 Å². The van der Waals surface area contributed by atoms with Gasteiger partial charge in [0.2, 0.25) is 0 Å². The molecule has 0 heterocycles. The fraction of sp³-hybridized carbons (Fsp3) is 0.545. The van der Waals surface area contributed by atoms with Crippen LogP contribution in [0.1, 0.15) is 19.3 Å². The molecule has 0 aromatic rings. The Morgan fingerprint density at radius 2 is 2.19 bits per heavy atom. The quantitative estimate of drug-likeness (QED) is 0.592. The van der Waals surface area contributed by atoms with Gasteiger partial charge >= 0.3 is 5.97 Å². The number of thioether (sulfide) groups is 2. The lowest BCUT2D eigenvalue weighted by atomic mass is 10.2. The molecule has 92 valence electrons. The maximum absolute atomic E-state index is 10.2. The SMILES string of the molecule is C=CSCCC(N)C=CSCCCC(=O)O. The predicted octanol–water partition coefficient (Wildman–Crippen LogP) is 2.69. The third-order valence-corrected chi connectivity index (χ3v) is 3.34. The van der Waals surface area contributed by atoms with Gasteiger partial charge in [0.05, 0.1) is 0 Å². The molecule has 0 radical (unpaired) electrons. The molecular formula is C11H19NO2S2. The predicted molar refractivity (Wildman–Crippen MR) is 73.7 cm³/mol. The summed E-state index contributed by atoms with van der Waals surface area (Å²) in [6.07, 6.45) is 3.84. The van der Waals surface area contributed by atoms with E-state index in [9.17, 15) is 4.79 Å². The van der Waals surface area contributed by atoms with E-state index in [4.69, 9.17) is 10.8 Å². The molecule has 0 aromatic carbocycles. The number of carboxylic acids is 1. The van der Waals surface area contributed by atoms with Crippen LogP contribution < -0.4 is 5.73 Å². The van der Waals surface area contributed by atoms with Gasteiger partial charge in [0, 0.05) is 12.5 Å². The molecule has 1 atom stereocenters. The molecule has 0 bridgehead atoms. The van der Waals surface area contributed by atoms with Crippen LogP contribution in [-0.2, 0) is 4.79 Å². The van der Waals surface area contributed by atoms with E-state index >= 15 is 0 Å². The summed E-state index contributed by atoms with van der Waals surface area (Å²) < 4.78 is 0. The molecule has 0 aliphatic carbocycles. The maximum Gasteiger partial charge on any atom is 0.303 e. The topological polar surface area (TPSA) is 63.3 Å². The van der Waals surface area contributed by atoms with Crippen LogP contribution in [0.25, 0.3) is 0 Å². The first-order valence-electron chi connectivity index (χ1n) is 5.15. The van der Waals surface area contributed by atoms with E-state index in [1.165, 1.54) is 0 Å². The molecule has 0 spiro atoms. The molecule has 1 unspecified atom stereocenters. The highest BCUT2D eigenvalue weighted by molar-refractivity contribution is 8.02. The van der Waals surface area contributed by atoms with E-state index in [0.717, 1.165) is 17.9 Å². The highest BCUT2D eigenvalue weighted by Crippen LogP contribution is 2.09. The van der Waals surface area contributed by atoms with Crippen LogP contribution >= 0.6 is 23.5 Å². The van der Waals surface area contributed by atoms with Gasteiger partial charge in [-0.25, -0.2) is 0 Å². The first kappa shape index (κ1) is 15.6. The molecular weight excluding hydrogens is 242 g/mol. The Morgan fingerprint density at radius 1 is 1.44 bits per heavy atom. The highest BCUT2D eigenvalue weighted by atomic mass is 32.2. The molecule has 5 heteroatoms. The number of carboxylic acid groups (broad SMARTS) is 1. The van der Waals surface area contributed by atoms with Gasteiger partial charge in [0.1, 0.15) is 0 Å². The van der Waals surface area contributed by atoms with E-state index in [-0.39, 0.29) is 12.5 Å². The average molecular weight is 261 g/mol. The van der Waals surface area contributed by atoms with E-state index in [2.05, 4.69) is 6.58 Å². The minimum Gasteiger partial charge on any atom is -0.481 e. The summed E-state index contributed by atoms with van der Waals surface area (Å²) in [6.45, 7) is 3.62. The summed E-state index contributed by atoms with van der Waals surface area (Å²) in [7, 11) is 0. The standard InChI is InChI=1S/C11H19NO2S2/c1-2-15-8-5-10(12)6-9-16-7-3-4-11(13)14/h2,6,9-10H,1,3-5,7-8,12H2,(H,13,14). The van der Waals surface area contributed by atoms with Gasteiger partial charge in [-0.1, -0.05) is 12.7 Å². The van der Waals surface area contributed by atoms with Crippen molar-refractivity contribution in [2.75, 3.05) is 11.5 Å². The number of hydrogen-bond donors (Lipinski definition) is 2. The van der Waals surface area contributed by atoms with Crippen molar-refractivity contribution in [1.29, 1.82) is 0 Å². The van der Waals surface area contributed by atoms with Crippen molar-refractivity contribution >= 4 is 29.5 Å². The van der Waals surface area contributed by atoms with Crippen molar-refractivity contribution in [1.82, 2.24) is 0 Å². The molecule has 0 amide bonds. The monoisotopic (exact) mass is 261 g/mol. The van der Waals surface area contributed by atoms with Crippen molar-refractivity contribution in [2.45, 2.75) is 25.3 Å². The lowest BCUT2D eigenvalue weighted by molar-refractivity contribution is -0.137. The first-order chi connectivity index (χ1) is 7.66. The Hall–Kier alpha value is -0.390. The molecule has 0 rings (SSSR count). The Labute approximate surface area is 106 Å². The number of aliphatic carboxylic acids is 1. The summed E-state index contributed by atoms with van der Waals surface area (Å²) in [4.78, 5) is 10.2. The fourth-order valence-corrected chi connectivity index (χ4v) is 2.25. The Kier molecular flexibility index (Phi) is 10.8. The van der Waals surface area contributed by atoms with E-state index < -0.39 is 5.97 Å². The second-order valence-corrected chi connectivity index (χ2v) is 5.28. The normalized spacial score (nSPS) is 12.8. The van der Waals surface area contributed by atoms with Gasteiger partial charge in [-0.2, -0.15) is 0 Å². The van der Waals surface area contributed by atoms with Gasteiger partial charge in [0.15, 0.2) is 0 Å². The first-order valence-corrected chi connectivity index (χ1v) is 7.24. The molecule has 0 aliphatic heterocycles. The van der Waals surface area contributed by atoms with Gasteiger partial charge in [0.25, 0.3) is 0 Å². The zero-order valence-electron chi connectivity index (χ0n) is 9.30. The van der Waals surface area contributed by atoms with Crippen LogP contribution in [0.3, 0.4) is 0 Å². The minimum atomic E-state index is -0.734. The van der Waals surface area contributed by atoms with Gasteiger partial charge in [-0.3, -0.25) is 4.79 Å². The second kappa shape index (κ2) is 11.1. The van der Waals surface area contributed by atoms with Crippen molar-refractivity contribution < 1.29 is 9.90 Å². The maximum atomic E-state index is 10.2. The summed E-state index contributed by atoms with van der Waals surface area (Å²) in [6, 6.07) is 0.0828. The third-order valence-electron chi connectivity index (χ3n) is 1.76. The molecule has 0 saturated heterocycles. The zero-order chi connectivity index (χ0) is 12.2. The number of nitrogens with two attached hydrogens (primary N) is 1. The number of carbonyl (C=O) groups is 1. The highest BCUT2D eigenvalue weighted by Gasteiger charge is 1.97. The second-order valence-electron chi connectivity index (χ2n) is 3.19. The van der Waals surface area contributed by atoms with E-state index in [1.54, 1.807) is 23.5 Å². The fourth-order valence-electron chi connectivity index (χ4n) is 0.915. The smallest absolute Gasteiger partial charge is 0.303 e. The molecule has 3 nitrogen and oxygen atoms in total. The van der Waals surface area contributed by atoms with Crippen LogP contribution in [0, 0.1) is 0 Å².